The van der Waals surface area contributed by atoms with Crippen molar-refractivity contribution in [2.24, 2.45) is 17.8 Å². The van der Waals surface area contributed by atoms with Gasteiger partial charge in [-0.2, -0.15) is 0 Å². The first-order valence-corrected chi connectivity index (χ1v) is 10.1. The van der Waals surface area contributed by atoms with E-state index in [0.29, 0.717) is 31.8 Å². The van der Waals surface area contributed by atoms with Crippen molar-refractivity contribution in [2.45, 2.75) is 89.8 Å². The molecule has 2 rings (SSSR count). The number of carbonyl (C=O) groups excluding carboxylic acids is 1. The van der Waals surface area contributed by atoms with Gasteiger partial charge < -0.3 is 14.9 Å². The molecule has 5 atom stereocenters. The summed E-state index contributed by atoms with van der Waals surface area (Å²) in [5, 5.41) is 19.0. The minimum Gasteiger partial charge on any atom is -0.481 e. The predicted octanol–water partition coefficient (Wildman–Crippen LogP) is 3.57. The summed E-state index contributed by atoms with van der Waals surface area (Å²) < 4.78 is 5.82. The second kappa shape index (κ2) is 10.3. The Morgan fingerprint density at radius 2 is 1.76 bits per heavy atom. The summed E-state index contributed by atoms with van der Waals surface area (Å²) in [6, 6.07) is 0. The Balaban J connectivity index is 1.73. The van der Waals surface area contributed by atoms with Crippen molar-refractivity contribution in [3.05, 3.63) is 0 Å². The zero-order valence-corrected chi connectivity index (χ0v) is 15.5. The molecule has 0 heterocycles. The van der Waals surface area contributed by atoms with E-state index >= 15 is 0 Å². The molecule has 144 valence electrons. The third kappa shape index (κ3) is 6.07. The van der Waals surface area contributed by atoms with Crippen LogP contribution in [0.3, 0.4) is 0 Å². The quantitative estimate of drug-likeness (QED) is 0.523. The first kappa shape index (κ1) is 20.4. The Morgan fingerprint density at radius 1 is 1.00 bits per heavy atom. The van der Waals surface area contributed by atoms with Crippen LogP contribution in [0.25, 0.3) is 0 Å². The van der Waals surface area contributed by atoms with Crippen molar-refractivity contribution in [1.29, 1.82) is 0 Å². The van der Waals surface area contributed by atoms with Gasteiger partial charge in [0.15, 0.2) is 0 Å². The Kier molecular flexibility index (Phi) is 8.37. The molecular weight excluding hydrogens is 320 g/mol. The third-order valence-corrected chi connectivity index (χ3v) is 5.91. The molecule has 2 aliphatic rings. The van der Waals surface area contributed by atoms with Crippen LogP contribution in [0.15, 0.2) is 0 Å². The summed E-state index contributed by atoms with van der Waals surface area (Å²) in [4.78, 5) is 23.1. The van der Waals surface area contributed by atoms with E-state index in [1.165, 1.54) is 19.3 Å². The molecule has 0 spiro atoms. The summed E-state index contributed by atoms with van der Waals surface area (Å²) in [5.74, 6) is -0.123. The smallest absolute Gasteiger partial charge is 0.303 e. The molecule has 5 heteroatoms. The van der Waals surface area contributed by atoms with Crippen LogP contribution in [0, 0.1) is 17.8 Å². The summed E-state index contributed by atoms with van der Waals surface area (Å²) in [7, 11) is 0. The van der Waals surface area contributed by atoms with Crippen LogP contribution in [0.2, 0.25) is 0 Å². The van der Waals surface area contributed by atoms with Crippen LogP contribution in [0.5, 0.6) is 0 Å². The summed E-state index contributed by atoms with van der Waals surface area (Å²) in [5.41, 5.74) is 0. The number of fused-ring (bicyclic) bond motifs is 1. The Morgan fingerprint density at radius 3 is 2.48 bits per heavy atom. The SMILES string of the molecule is CCCCCCCC(=O)[C@H]1[C@@H]2C[C@H](OCCCC(=O)O)C[C@@H]2C[C@@H]1O. The number of carboxylic acid groups (broad SMARTS) is 1. The number of aliphatic hydroxyl groups is 1. The second-order valence-corrected chi connectivity index (χ2v) is 7.84. The zero-order chi connectivity index (χ0) is 18.2. The monoisotopic (exact) mass is 354 g/mol. The molecular formula is C20H34O5. The van der Waals surface area contributed by atoms with Gasteiger partial charge in [-0.1, -0.05) is 32.6 Å². The Labute approximate surface area is 151 Å². The second-order valence-electron chi connectivity index (χ2n) is 7.84. The predicted molar refractivity (Wildman–Crippen MR) is 95.3 cm³/mol. The van der Waals surface area contributed by atoms with Gasteiger partial charge in [-0.05, 0) is 43.9 Å². The molecule has 2 N–H and O–H groups in total. The number of aliphatic hydroxyl groups excluding tert-OH is 1. The fraction of sp³-hybridized carbons (Fsp3) is 0.900. The van der Waals surface area contributed by atoms with Gasteiger partial charge in [0.25, 0.3) is 0 Å². The van der Waals surface area contributed by atoms with Crippen LogP contribution >= 0.6 is 0 Å². The molecule has 0 bridgehead atoms. The molecule has 2 fully saturated rings. The molecule has 0 saturated heterocycles. The third-order valence-electron chi connectivity index (χ3n) is 5.91. The highest BCUT2D eigenvalue weighted by molar-refractivity contribution is 5.82. The molecule has 0 aromatic rings. The number of Topliss-reactive ketones (excluding diaryl/α,β-unsaturated/α-hetero) is 1. The van der Waals surface area contributed by atoms with Gasteiger partial charge >= 0.3 is 5.97 Å². The van der Waals surface area contributed by atoms with Gasteiger partial charge in [-0.15, -0.1) is 0 Å². The lowest BCUT2D eigenvalue weighted by atomic mass is 9.86. The fourth-order valence-electron chi connectivity index (χ4n) is 4.69. The summed E-state index contributed by atoms with van der Waals surface area (Å²) in [6.07, 6.45) is 9.01. The van der Waals surface area contributed by atoms with E-state index in [9.17, 15) is 14.7 Å². The van der Waals surface area contributed by atoms with E-state index in [1.54, 1.807) is 0 Å². The van der Waals surface area contributed by atoms with E-state index in [1.807, 2.05) is 0 Å². The minimum atomic E-state index is -0.792. The van der Waals surface area contributed by atoms with Crippen molar-refractivity contribution in [3.63, 3.8) is 0 Å². The number of ether oxygens (including phenoxy) is 1. The number of unbranched alkanes of at least 4 members (excludes halogenated alkanes) is 4. The fourth-order valence-corrected chi connectivity index (χ4v) is 4.69. The number of ketones is 1. The minimum absolute atomic E-state index is 0.121. The highest BCUT2D eigenvalue weighted by Gasteiger charge is 2.50. The van der Waals surface area contributed by atoms with Crippen molar-refractivity contribution >= 4 is 11.8 Å². The Hall–Kier alpha value is -0.940. The molecule has 5 nitrogen and oxygen atoms in total. The largest absolute Gasteiger partial charge is 0.481 e. The average Bonchev–Trinajstić information content (AvgIpc) is 3.06. The van der Waals surface area contributed by atoms with Crippen molar-refractivity contribution in [2.75, 3.05) is 6.61 Å². The van der Waals surface area contributed by atoms with Crippen LogP contribution in [0.4, 0.5) is 0 Å². The Bertz CT molecular complexity index is 436. The van der Waals surface area contributed by atoms with Crippen molar-refractivity contribution < 1.29 is 24.5 Å². The van der Waals surface area contributed by atoms with Gasteiger partial charge in [0, 0.05) is 25.4 Å². The number of rotatable bonds is 12. The standard InChI is InChI=1S/C20H34O5/c1-2-3-4-5-6-8-17(21)20-16-13-15(11-14(16)12-18(20)22)25-10-7-9-19(23)24/h14-16,18,20,22H,2-13H2,1H3,(H,23,24)/t14-,15-,16-,18+,20-/m1/s1. The van der Waals surface area contributed by atoms with Crippen LogP contribution in [-0.4, -0.2) is 40.8 Å². The zero-order valence-electron chi connectivity index (χ0n) is 15.5. The number of hydrogen-bond acceptors (Lipinski definition) is 4. The number of carboxylic acids is 1. The summed E-state index contributed by atoms with van der Waals surface area (Å²) >= 11 is 0. The maximum Gasteiger partial charge on any atom is 0.303 e. The van der Waals surface area contributed by atoms with Gasteiger partial charge in [-0.3, -0.25) is 9.59 Å². The number of aliphatic carboxylic acids is 1. The number of carbonyl (C=O) groups is 2. The van der Waals surface area contributed by atoms with Crippen LogP contribution < -0.4 is 0 Å². The first-order chi connectivity index (χ1) is 12.0. The van der Waals surface area contributed by atoms with Gasteiger partial charge in [0.05, 0.1) is 12.2 Å². The molecule has 0 aromatic carbocycles. The van der Waals surface area contributed by atoms with Crippen molar-refractivity contribution in [3.8, 4) is 0 Å². The van der Waals surface area contributed by atoms with E-state index in [-0.39, 0.29) is 30.1 Å². The molecule has 0 amide bonds. The highest BCUT2D eigenvalue weighted by atomic mass is 16.5. The molecule has 2 aliphatic carbocycles. The van der Waals surface area contributed by atoms with E-state index < -0.39 is 12.1 Å². The molecule has 0 unspecified atom stereocenters. The maximum atomic E-state index is 12.6. The molecule has 0 radical (unpaired) electrons. The van der Waals surface area contributed by atoms with E-state index in [2.05, 4.69) is 6.92 Å². The lowest BCUT2D eigenvalue weighted by Crippen LogP contribution is -2.29. The highest BCUT2D eigenvalue weighted by Crippen LogP contribution is 2.49. The first-order valence-electron chi connectivity index (χ1n) is 10.1. The van der Waals surface area contributed by atoms with E-state index in [4.69, 9.17) is 9.84 Å². The lowest BCUT2D eigenvalue weighted by Gasteiger charge is -2.21. The van der Waals surface area contributed by atoms with Crippen LogP contribution in [-0.2, 0) is 14.3 Å². The summed E-state index contributed by atoms with van der Waals surface area (Å²) in [6.45, 7) is 2.65. The van der Waals surface area contributed by atoms with Gasteiger partial charge in [0.2, 0.25) is 0 Å². The molecule has 0 aromatic heterocycles. The topological polar surface area (TPSA) is 83.8 Å². The normalized spacial score (nSPS) is 31.2. The molecule has 2 saturated carbocycles. The van der Waals surface area contributed by atoms with Crippen molar-refractivity contribution in [1.82, 2.24) is 0 Å². The number of hydrogen-bond donors (Lipinski definition) is 2. The van der Waals surface area contributed by atoms with Gasteiger partial charge in [-0.25, -0.2) is 0 Å². The van der Waals surface area contributed by atoms with Crippen LogP contribution in [0.1, 0.15) is 77.6 Å². The van der Waals surface area contributed by atoms with E-state index in [0.717, 1.165) is 25.7 Å². The lowest BCUT2D eigenvalue weighted by molar-refractivity contribution is -0.137. The molecule has 25 heavy (non-hydrogen) atoms. The molecule has 0 aliphatic heterocycles. The maximum absolute atomic E-state index is 12.6. The average molecular weight is 354 g/mol. The van der Waals surface area contributed by atoms with Gasteiger partial charge in [0.1, 0.15) is 5.78 Å².